The number of benzene rings is 3. The van der Waals surface area contributed by atoms with Gasteiger partial charge in [-0.15, -0.1) is 0 Å². The molecule has 234 valence electrons. The number of aromatic nitrogens is 1. The number of carbonyl (C=O) groups is 1. The fourth-order valence-electron chi connectivity index (χ4n) is 5.37. The van der Waals surface area contributed by atoms with Crippen LogP contribution in [0, 0.1) is 11.6 Å². The highest BCUT2D eigenvalue weighted by molar-refractivity contribution is 7.93. The van der Waals surface area contributed by atoms with Crippen molar-refractivity contribution in [3.63, 3.8) is 0 Å². The molecule has 0 amide bonds. The molecule has 1 aromatic heterocycles. The summed E-state index contributed by atoms with van der Waals surface area (Å²) in [4.78, 5) is 10.9. The number of rotatable bonds is 13. The molecule has 11 heteroatoms. The van der Waals surface area contributed by atoms with Gasteiger partial charge in [-0.25, -0.2) is 17.2 Å². The predicted octanol–water partition coefficient (Wildman–Crippen LogP) is 4.69. The largest absolute Gasteiger partial charge is 0.550 e. The molecule has 4 rings (SSSR count). The number of sulfonamides is 1. The Labute approximate surface area is 255 Å². The average molecular weight is 626 g/mol. The van der Waals surface area contributed by atoms with Gasteiger partial charge in [0, 0.05) is 37.2 Å². The Morgan fingerprint density at radius 2 is 1.43 bits per heavy atom. The van der Waals surface area contributed by atoms with Gasteiger partial charge < -0.3 is 24.7 Å². The van der Waals surface area contributed by atoms with Crippen molar-refractivity contribution in [1.82, 2.24) is 4.57 Å². The highest BCUT2D eigenvalue weighted by Gasteiger charge is 2.36. The number of halogens is 2. The van der Waals surface area contributed by atoms with Crippen LogP contribution < -0.4 is 9.41 Å². The summed E-state index contributed by atoms with van der Waals surface area (Å²) in [5.74, 6) is -2.83. The van der Waals surface area contributed by atoms with E-state index in [2.05, 4.69) is 0 Å². The smallest absolute Gasteiger partial charge is 0.266 e. The van der Waals surface area contributed by atoms with Gasteiger partial charge in [-0.3, -0.25) is 4.31 Å². The van der Waals surface area contributed by atoms with E-state index in [1.807, 2.05) is 13.8 Å². The Balaban J connectivity index is 2.00. The molecular weight excluding hydrogens is 590 g/mol. The molecule has 2 N–H and O–H groups in total. The molecule has 8 nitrogen and oxygen atoms in total. The van der Waals surface area contributed by atoms with Crippen molar-refractivity contribution in [2.75, 3.05) is 11.4 Å². The molecule has 0 radical (unpaired) electrons. The number of anilines is 1. The molecule has 1 heterocycles. The zero-order chi connectivity index (χ0) is 32.2. The number of hydrogen-bond donors (Lipinski definition) is 2. The lowest BCUT2D eigenvalue weighted by molar-refractivity contribution is -0.307. The number of para-hydroxylation sites is 1. The highest BCUT2D eigenvalue weighted by Crippen LogP contribution is 2.46. The van der Waals surface area contributed by atoms with Crippen LogP contribution >= 0.6 is 0 Å². The van der Waals surface area contributed by atoms with E-state index >= 15 is 0 Å². The molecule has 0 bridgehead atoms. The van der Waals surface area contributed by atoms with Crippen LogP contribution in [0.15, 0.2) is 83.8 Å². The van der Waals surface area contributed by atoms with E-state index in [-0.39, 0.29) is 35.8 Å². The second-order valence-corrected chi connectivity index (χ2v) is 12.9. The molecule has 0 spiro atoms. The standard InChI is InChI=1S/C33H36F2N2O6S/c1-21(2)31-33(44(42,43)36(3)26-7-5-4-6-8-26)30(22-9-13-24(34)14-10-22)32(23-11-15-25(35)16-12-23)37(31)18-17-27(38)19-28(39)20-29(40)41/h4-16,21,27-28,38-39H,17-20H2,1-3H3,(H,40,41)/p-1/t27-,28-/m1/s1. The number of carbonyl (C=O) groups excluding carboxylic acids is 1. The number of aliphatic hydroxyl groups is 2. The summed E-state index contributed by atoms with van der Waals surface area (Å²) in [7, 11) is -2.83. The Bertz CT molecular complexity index is 1690. The zero-order valence-corrected chi connectivity index (χ0v) is 25.5. The van der Waals surface area contributed by atoms with Gasteiger partial charge in [-0.1, -0.05) is 44.2 Å². The summed E-state index contributed by atoms with van der Waals surface area (Å²) in [6.45, 7) is 3.73. The summed E-state index contributed by atoms with van der Waals surface area (Å²) in [5.41, 5.74) is 2.44. The molecule has 0 saturated heterocycles. The molecule has 0 aliphatic rings. The number of carboxylic acid groups (broad SMARTS) is 1. The van der Waals surface area contributed by atoms with Crippen LogP contribution in [0.1, 0.15) is 44.7 Å². The molecule has 0 fully saturated rings. The SMILES string of the molecule is CC(C)c1c(S(=O)(=O)N(C)c2ccccc2)c(-c2ccc(F)cc2)c(-c2ccc(F)cc2)n1CC[C@@H](O)C[C@@H](O)CC(=O)[O-]. The molecule has 0 aliphatic heterocycles. The van der Waals surface area contributed by atoms with Crippen LogP contribution in [0.5, 0.6) is 0 Å². The lowest BCUT2D eigenvalue weighted by atomic mass is 10.00. The molecule has 2 atom stereocenters. The van der Waals surface area contributed by atoms with E-state index in [1.165, 1.54) is 59.9 Å². The van der Waals surface area contributed by atoms with E-state index in [9.17, 15) is 37.3 Å². The number of hydrogen-bond acceptors (Lipinski definition) is 6. The topological polar surface area (TPSA) is 123 Å². The van der Waals surface area contributed by atoms with Gasteiger partial charge in [-0.2, -0.15) is 0 Å². The number of carboxylic acids is 1. The van der Waals surface area contributed by atoms with E-state index in [0.29, 0.717) is 28.2 Å². The minimum absolute atomic E-state index is 0.0173. The van der Waals surface area contributed by atoms with Crippen LogP contribution in [0.25, 0.3) is 22.4 Å². The molecule has 0 unspecified atom stereocenters. The summed E-state index contributed by atoms with van der Waals surface area (Å²) in [6, 6.07) is 19.5. The lowest BCUT2D eigenvalue weighted by Gasteiger charge is -2.23. The maximum Gasteiger partial charge on any atom is 0.266 e. The van der Waals surface area contributed by atoms with Gasteiger partial charge in [0.1, 0.15) is 16.5 Å². The van der Waals surface area contributed by atoms with E-state index in [0.717, 1.165) is 0 Å². The second kappa shape index (κ2) is 13.7. The van der Waals surface area contributed by atoms with Crippen LogP contribution in [-0.2, 0) is 21.4 Å². The lowest BCUT2D eigenvalue weighted by Crippen LogP contribution is -2.30. The molecule has 0 aliphatic carbocycles. The minimum Gasteiger partial charge on any atom is -0.550 e. The van der Waals surface area contributed by atoms with Crippen molar-refractivity contribution in [2.24, 2.45) is 0 Å². The van der Waals surface area contributed by atoms with Crippen LogP contribution in [0.4, 0.5) is 14.5 Å². The highest BCUT2D eigenvalue weighted by atomic mass is 32.2. The van der Waals surface area contributed by atoms with Crippen molar-refractivity contribution in [1.29, 1.82) is 0 Å². The third kappa shape index (κ3) is 7.18. The first kappa shape index (κ1) is 32.8. The first-order valence-corrected chi connectivity index (χ1v) is 15.6. The zero-order valence-electron chi connectivity index (χ0n) is 24.7. The molecule has 3 aromatic carbocycles. The maximum absolute atomic E-state index is 14.6. The van der Waals surface area contributed by atoms with Crippen molar-refractivity contribution in [2.45, 2.75) is 62.7 Å². The second-order valence-electron chi connectivity index (χ2n) is 11.0. The Hall–Kier alpha value is -4.06. The van der Waals surface area contributed by atoms with Crippen molar-refractivity contribution in [3.05, 3.63) is 96.2 Å². The van der Waals surface area contributed by atoms with Gasteiger partial charge in [0.25, 0.3) is 10.0 Å². The quantitative estimate of drug-likeness (QED) is 0.222. The number of nitrogens with zero attached hydrogens (tertiary/aromatic N) is 2. The van der Waals surface area contributed by atoms with Gasteiger partial charge >= 0.3 is 0 Å². The Morgan fingerprint density at radius 3 is 1.95 bits per heavy atom. The van der Waals surface area contributed by atoms with Crippen molar-refractivity contribution < 1.29 is 37.3 Å². The first-order valence-electron chi connectivity index (χ1n) is 14.2. The summed E-state index contributed by atoms with van der Waals surface area (Å²) < 4.78 is 60.3. The Kier molecular flexibility index (Phi) is 10.2. The monoisotopic (exact) mass is 625 g/mol. The predicted molar refractivity (Wildman–Crippen MR) is 162 cm³/mol. The van der Waals surface area contributed by atoms with Gasteiger partial charge in [0.05, 0.1) is 23.6 Å². The van der Waals surface area contributed by atoms with E-state index in [1.54, 1.807) is 34.9 Å². The van der Waals surface area contributed by atoms with Crippen molar-refractivity contribution >= 4 is 21.7 Å². The normalized spacial score (nSPS) is 13.2. The van der Waals surface area contributed by atoms with Crippen LogP contribution in [-0.4, -0.2) is 48.4 Å². The molecule has 44 heavy (non-hydrogen) atoms. The van der Waals surface area contributed by atoms with Crippen LogP contribution in [0.2, 0.25) is 0 Å². The Morgan fingerprint density at radius 1 is 0.886 bits per heavy atom. The van der Waals surface area contributed by atoms with E-state index < -0.39 is 46.3 Å². The summed E-state index contributed by atoms with van der Waals surface area (Å²) in [6.07, 6.45) is -3.30. The third-order valence-electron chi connectivity index (χ3n) is 7.43. The van der Waals surface area contributed by atoms with Gasteiger partial charge in [-0.05, 0) is 78.4 Å². The fourth-order valence-corrected chi connectivity index (χ4v) is 7.13. The number of aliphatic carboxylic acids is 1. The van der Waals surface area contributed by atoms with Gasteiger partial charge in [0.2, 0.25) is 0 Å². The van der Waals surface area contributed by atoms with Crippen molar-refractivity contribution in [3.8, 4) is 22.4 Å². The molecular formula is C33H35F2N2O6S-. The van der Waals surface area contributed by atoms with Gasteiger partial charge in [0.15, 0.2) is 0 Å². The fraction of sp³-hybridized carbons (Fsp3) is 0.303. The average Bonchev–Trinajstić information content (AvgIpc) is 3.32. The first-order chi connectivity index (χ1) is 20.8. The van der Waals surface area contributed by atoms with E-state index in [4.69, 9.17) is 0 Å². The molecule has 0 saturated carbocycles. The summed E-state index contributed by atoms with van der Waals surface area (Å²) >= 11 is 0. The van der Waals surface area contributed by atoms with Crippen LogP contribution in [0.3, 0.4) is 0 Å². The number of aliphatic hydroxyl groups excluding tert-OH is 2. The minimum atomic E-state index is -4.28. The molecule has 4 aromatic rings. The summed E-state index contributed by atoms with van der Waals surface area (Å²) in [5, 5.41) is 31.7. The third-order valence-corrected chi connectivity index (χ3v) is 9.29. The maximum atomic E-state index is 14.6.